The molecule has 0 spiro atoms. The van der Waals surface area contributed by atoms with Crippen molar-refractivity contribution in [2.45, 2.75) is 26.5 Å². The van der Waals surface area contributed by atoms with Crippen LogP contribution in [0.5, 0.6) is 0 Å². The number of ether oxygens (including phenoxy) is 1. The molecule has 0 bridgehead atoms. The zero-order valence-electron chi connectivity index (χ0n) is 16.0. The van der Waals surface area contributed by atoms with E-state index in [4.69, 9.17) is 17.0 Å². The van der Waals surface area contributed by atoms with Crippen LogP contribution in [-0.2, 0) is 10.5 Å². The molecule has 27 heavy (non-hydrogen) atoms. The van der Waals surface area contributed by atoms with Crippen molar-refractivity contribution in [2.24, 2.45) is 0 Å². The summed E-state index contributed by atoms with van der Waals surface area (Å²) in [5.41, 5.74) is 5.04. The molecule has 0 aliphatic carbocycles. The average molecular weight is 403 g/mol. The number of rotatable bonds is 8. The van der Waals surface area contributed by atoms with Gasteiger partial charge in [0.15, 0.2) is 5.11 Å². The number of thiocarbonyl (C=S) groups is 1. The first-order valence-electron chi connectivity index (χ1n) is 8.96. The Balaban J connectivity index is 1.77. The lowest BCUT2D eigenvalue weighted by molar-refractivity contribution is 0.0526. The maximum atomic E-state index is 11.9. The highest BCUT2D eigenvalue weighted by molar-refractivity contribution is 7.98. The monoisotopic (exact) mass is 402 g/mol. The van der Waals surface area contributed by atoms with E-state index in [1.54, 1.807) is 19.1 Å². The van der Waals surface area contributed by atoms with Crippen LogP contribution in [0, 0.1) is 13.8 Å². The molecule has 2 rings (SSSR count). The smallest absolute Gasteiger partial charge is 0.338 e. The quantitative estimate of drug-likeness (QED) is 0.379. The van der Waals surface area contributed by atoms with Crippen molar-refractivity contribution in [3.8, 4) is 0 Å². The van der Waals surface area contributed by atoms with E-state index in [-0.39, 0.29) is 5.97 Å². The Labute approximate surface area is 171 Å². The first kappa shape index (κ1) is 21.3. The number of aryl methyl sites for hydroxylation is 2. The molecule has 2 aromatic rings. The van der Waals surface area contributed by atoms with Crippen molar-refractivity contribution < 1.29 is 9.53 Å². The molecule has 0 amide bonds. The van der Waals surface area contributed by atoms with Gasteiger partial charge in [0.05, 0.1) is 12.2 Å². The lowest BCUT2D eigenvalue weighted by Gasteiger charge is -2.13. The summed E-state index contributed by atoms with van der Waals surface area (Å²) in [6, 6.07) is 13.9. The molecule has 0 atom stereocenters. The van der Waals surface area contributed by atoms with E-state index in [0.717, 1.165) is 29.3 Å². The van der Waals surface area contributed by atoms with Crippen LogP contribution < -0.4 is 10.6 Å². The van der Waals surface area contributed by atoms with E-state index in [2.05, 4.69) is 41.8 Å². The third-order valence-corrected chi connectivity index (χ3v) is 5.30. The molecule has 0 unspecified atom stereocenters. The largest absolute Gasteiger partial charge is 0.462 e. The number of thioether (sulfide) groups is 1. The van der Waals surface area contributed by atoms with E-state index < -0.39 is 0 Å². The van der Waals surface area contributed by atoms with Gasteiger partial charge in [0.25, 0.3) is 0 Å². The van der Waals surface area contributed by atoms with E-state index in [9.17, 15) is 4.79 Å². The van der Waals surface area contributed by atoms with Gasteiger partial charge < -0.3 is 15.4 Å². The number of anilines is 1. The molecule has 4 nitrogen and oxygen atoms in total. The number of benzene rings is 2. The molecule has 0 radical (unpaired) electrons. The molecule has 6 heteroatoms. The first-order valence-corrected chi connectivity index (χ1v) is 10.5. The van der Waals surface area contributed by atoms with Gasteiger partial charge in [0.2, 0.25) is 0 Å². The minimum absolute atomic E-state index is 0.327. The highest BCUT2D eigenvalue weighted by atomic mass is 32.2. The van der Waals surface area contributed by atoms with Crippen molar-refractivity contribution in [3.05, 3.63) is 64.7 Å². The maximum Gasteiger partial charge on any atom is 0.338 e. The fourth-order valence-corrected chi connectivity index (χ4v) is 3.60. The molecule has 2 aromatic carbocycles. The number of carbonyl (C=O) groups excluding carboxylic acids is 1. The van der Waals surface area contributed by atoms with Gasteiger partial charge in [-0.15, -0.1) is 0 Å². The molecule has 0 aliphatic rings. The zero-order chi connectivity index (χ0) is 19.6. The highest BCUT2D eigenvalue weighted by Gasteiger charge is 2.09. The average Bonchev–Trinajstić information content (AvgIpc) is 2.65. The molecule has 0 saturated heterocycles. The Morgan fingerprint density at radius 1 is 1.15 bits per heavy atom. The Kier molecular flexibility index (Phi) is 8.61. The van der Waals surface area contributed by atoms with E-state index in [1.807, 2.05) is 24.8 Å². The number of hydrogen-bond acceptors (Lipinski definition) is 4. The normalized spacial score (nSPS) is 10.3. The number of esters is 1. The van der Waals surface area contributed by atoms with Gasteiger partial charge in [-0.2, -0.15) is 11.8 Å². The SMILES string of the molecule is CCOC(=O)c1ccc(C)c(NC(=S)NCCSCc2ccccc2C)c1. The van der Waals surface area contributed by atoms with Crippen molar-refractivity contribution in [1.29, 1.82) is 0 Å². The van der Waals surface area contributed by atoms with Crippen LogP contribution in [0.15, 0.2) is 42.5 Å². The maximum absolute atomic E-state index is 11.9. The summed E-state index contributed by atoms with van der Waals surface area (Å²) in [6.45, 7) is 7.04. The fourth-order valence-electron chi connectivity index (χ4n) is 2.46. The molecule has 0 fully saturated rings. The van der Waals surface area contributed by atoms with Crippen molar-refractivity contribution in [3.63, 3.8) is 0 Å². The lowest BCUT2D eigenvalue weighted by Crippen LogP contribution is -2.30. The van der Waals surface area contributed by atoms with Crippen molar-refractivity contribution in [2.75, 3.05) is 24.2 Å². The first-order chi connectivity index (χ1) is 13.0. The van der Waals surface area contributed by atoms with Crippen LogP contribution in [0.4, 0.5) is 5.69 Å². The minimum Gasteiger partial charge on any atom is -0.462 e. The van der Waals surface area contributed by atoms with Crippen LogP contribution in [0.2, 0.25) is 0 Å². The Hall–Kier alpha value is -2.05. The highest BCUT2D eigenvalue weighted by Crippen LogP contribution is 2.18. The predicted molar refractivity (Wildman–Crippen MR) is 119 cm³/mol. The van der Waals surface area contributed by atoms with Crippen LogP contribution in [0.25, 0.3) is 0 Å². The number of hydrogen-bond donors (Lipinski definition) is 2. The molecule has 0 aromatic heterocycles. The van der Waals surface area contributed by atoms with E-state index in [1.165, 1.54) is 11.1 Å². The van der Waals surface area contributed by atoms with Crippen molar-refractivity contribution >= 4 is 40.7 Å². The second-order valence-electron chi connectivity index (χ2n) is 6.11. The summed E-state index contributed by atoms with van der Waals surface area (Å²) in [5.74, 6) is 1.62. The Morgan fingerprint density at radius 3 is 2.67 bits per heavy atom. The van der Waals surface area contributed by atoms with Gasteiger partial charge >= 0.3 is 5.97 Å². The molecule has 0 saturated carbocycles. The minimum atomic E-state index is -0.327. The molecule has 144 valence electrons. The van der Waals surface area contributed by atoms with Gasteiger partial charge in [-0.25, -0.2) is 4.79 Å². The van der Waals surface area contributed by atoms with E-state index >= 15 is 0 Å². The number of nitrogens with one attached hydrogen (secondary N) is 2. The number of carbonyl (C=O) groups is 1. The second kappa shape index (κ2) is 10.9. The predicted octanol–water partition coefficient (Wildman–Crippen LogP) is 4.70. The Morgan fingerprint density at radius 2 is 1.93 bits per heavy atom. The van der Waals surface area contributed by atoms with Crippen LogP contribution in [0.3, 0.4) is 0 Å². The third kappa shape index (κ3) is 6.88. The summed E-state index contributed by atoms with van der Waals surface area (Å²) in [5, 5.41) is 6.94. The van der Waals surface area contributed by atoms with Gasteiger partial charge in [-0.1, -0.05) is 30.3 Å². The van der Waals surface area contributed by atoms with Crippen LogP contribution in [0.1, 0.15) is 34.0 Å². The molecular formula is C21H26N2O2S2. The van der Waals surface area contributed by atoms with Crippen molar-refractivity contribution in [1.82, 2.24) is 5.32 Å². The van der Waals surface area contributed by atoms with Crippen LogP contribution >= 0.6 is 24.0 Å². The topological polar surface area (TPSA) is 50.4 Å². The molecule has 0 heterocycles. The van der Waals surface area contributed by atoms with Gasteiger partial charge in [0, 0.05) is 23.7 Å². The second-order valence-corrected chi connectivity index (χ2v) is 7.62. The van der Waals surface area contributed by atoms with E-state index in [0.29, 0.717) is 17.3 Å². The fraction of sp³-hybridized carbons (Fsp3) is 0.333. The summed E-state index contributed by atoms with van der Waals surface area (Å²) in [6.07, 6.45) is 0. The lowest BCUT2D eigenvalue weighted by atomic mass is 10.1. The Bertz CT molecular complexity index is 794. The molecule has 0 aliphatic heterocycles. The molecular weight excluding hydrogens is 376 g/mol. The summed E-state index contributed by atoms with van der Waals surface area (Å²) in [7, 11) is 0. The van der Waals surface area contributed by atoms with Gasteiger partial charge in [-0.3, -0.25) is 0 Å². The third-order valence-electron chi connectivity index (χ3n) is 4.05. The van der Waals surface area contributed by atoms with Gasteiger partial charge in [0.1, 0.15) is 0 Å². The summed E-state index contributed by atoms with van der Waals surface area (Å²) >= 11 is 7.24. The van der Waals surface area contributed by atoms with Gasteiger partial charge in [-0.05, 0) is 61.8 Å². The summed E-state index contributed by atoms with van der Waals surface area (Å²) in [4.78, 5) is 11.9. The standard InChI is InChI=1S/C21H26N2O2S2/c1-4-25-20(24)17-10-9-16(3)19(13-17)23-21(26)22-11-12-27-14-18-8-6-5-7-15(18)2/h5-10,13H,4,11-12,14H2,1-3H3,(H2,22,23,26). The molecule has 2 N–H and O–H groups in total. The zero-order valence-corrected chi connectivity index (χ0v) is 17.6. The van der Waals surface area contributed by atoms with Crippen LogP contribution in [-0.4, -0.2) is 30.0 Å². The summed E-state index contributed by atoms with van der Waals surface area (Å²) < 4.78 is 5.05.